The summed E-state index contributed by atoms with van der Waals surface area (Å²) in [5, 5.41) is 5.28. The molecule has 0 saturated carbocycles. The van der Waals surface area contributed by atoms with Gasteiger partial charge in [0.2, 0.25) is 10.0 Å². The van der Waals surface area contributed by atoms with Gasteiger partial charge in [0.05, 0.1) is 10.8 Å². The van der Waals surface area contributed by atoms with Gasteiger partial charge in [0.1, 0.15) is 17.4 Å². The minimum atomic E-state index is -3.71. The van der Waals surface area contributed by atoms with Crippen LogP contribution in [0.2, 0.25) is 10.0 Å². The highest BCUT2D eigenvalue weighted by Crippen LogP contribution is 2.57. The van der Waals surface area contributed by atoms with Gasteiger partial charge < -0.3 is 9.47 Å². The minimum absolute atomic E-state index is 0.0756. The number of benzene rings is 1. The lowest BCUT2D eigenvalue weighted by Gasteiger charge is -2.32. The number of primary sulfonamides is 1. The summed E-state index contributed by atoms with van der Waals surface area (Å²) < 4.78 is 32.0. The highest BCUT2D eigenvalue weighted by atomic mass is 35.5. The van der Waals surface area contributed by atoms with E-state index in [1.165, 1.54) is 0 Å². The molecule has 7 nitrogen and oxygen atoms in total. The Labute approximate surface area is 179 Å². The molecule has 158 valence electrons. The Balaban J connectivity index is 1.78. The maximum absolute atomic E-state index is 12.0. The van der Waals surface area contributed by atoms with Crippen molar-refractivity contribution in [2.24, 2.45) is 10.6 Å². The Morgan fingerprint density at radius 2 is 2.03 bits per heavy atom. The smallest absolute Gasteiger partial charge is 0.344 e. The molecule has 1 aromatic carbocycles. The molecule has 0 aliphatic heterocycles. The molecule has 2 N–H and O–H groups in total. The van der Waals surface area contributed by atoms with Gasteiger partial charge in [-0.1, -0.05) is 30.1 Å². The van der Waals surface area contributed by atoms with E-state index in [-0.39, 0.29) is 33.6 Å². The number of fused-ring (bicyclic) bond motifs is 3. The Kier molecular flexibility index (Phi) is 6.29. The van der Waals surface area contributed by atoms with Crippen LogP contribution in [-0.2, 0) is 30.8 Å². The first-order chi connectivity index (χ1) is 13.6. The number of rotatable bonds is 7. The maximum atomic E-state index is 12.0. The maximum Gasteiger partial charge on any atom is 0.344 e. The van der Waals surface area contributed by atoms with Gasteiger partial charge in [0.25, 0.3) is 0 Å². The Morgan fingerprint density at radius 1 is 1.31 bits per heavy atom. The molecular formula is C19H21Cl2NO6S. The van der Waals surface area contributed by atoms with Crippen molar-refractivity contribution in [3.63, 3.8) is 0 Å². The quantitative estimate of drug-likeness (QED) is 0.624. The molecule has 2 aliphatic rings. The summed E-state index contributed by atoms with van der Waals surface area (Å²) in [5.74, 6) is -0.924. The van der Waals surface area contributed by atoms with Crippen LogP contribution in [0.25, 0.3) is 5.57 Å². The summed E-state index contributed by atoms with van der Waals surface area (Å²) in [5.41, 5.74) is 2.47. The molecule has 0 bridgehead atoms. The normalized spacial score (nSPS) is 20.7. The van der Waals surface area contributed by atoms with E-state index in [9.17, 15) is 18.0 Å². The van der Waals surface area contributed by atoms with Crippen LogP contribution < -0.4 is 9.88 Å². The summed E-state index contributed by atoms with van der Waals surface area (Å²) >= 11 is 12.9. The van der Waals surface area contributed by atoms with Gasteiger partial charge in [-0.15, -0.1) is 0 Å². The zero-order valence-electron chi connectivity index (χ0n) is 15.8. The molecule has 10 heteroatoms. The highest BCUT2D eigenvalue weighted by Gasteiger charge is 2.44. The Bertz CT molecular complexity index is 1000. The molecule has 3 rings (SSSR count). The van der Waals surface area contributed by atoms with Gasteiger partial charge in [0.15, 0.2) is 12.4 Å². The number of nitrogens with two attached hydrogens (primary N) is 1. The first-order valence-electron chi connectivity index (χ1n) is 9.11. The summed E-state index contributed by atoms with van der Waals surface area (Å²) in [6.07, 6.45) is 4.50. The summed E-state index contributed by atoms with van der Waals surface area (Å²) in [6, 6.07) is 1.74. The Hall–Kier alpha value is -1.61. The molecule has 2 aliphatic carbocycles. The first kappa shape index (κ1) is 22.1. The molecular weight excluding hydrogens is 441 g/mol. The monoisotopic (exact) mass is 461 g/mol. The number of halogens is 2. The number of sulfonamides is 1. The van der Waals surface area contributed by atoms with Gasteiger partial charge in [-0.3, -0.25) is 4.79 Å². The zero-order chi connectivity index (χ0) is 21.4. The van der Waals surface area contributed by atoms with Crippen LogP contribution in [0.1, 0.15) is 37.3 Å². The van der Waals surface area contributed by atoms with E-state index in [1.807, 2.05) is 0 Å². The van der Waals surface area contributed by atoms with Gasteiger partial charge in [-0.05, 0) is 42.5 Å². The van der Waals surface area contributed by atoms with Crippen molar-refractivity contribution in [3.8, 4) is 5.75 Å². The predicted octanol–water partition coefficient (Wildman–Crippen LogP) is 2.90. The van der Waals surface area contributed by atoms with Crippen molar-refractivity contribution in [1.82, 2.24) is 0 Å². The third-order valence-corrected chi connectivity index (χ3v) is 7.02. The molecule has 0 heterocycles. The number of allylic oxidation sites excluding steroid dienone is 2. The van der Waals surface area contributed by atoms with Gasteiger partial charge in [-0.2, -0.15) is 0 Å². The van der Waals surface area contributed by atoms with Gasteiger partial charge >= 0.3 is 5.97 Å². The van der Waals surface area contributed by atoms with Crippen molar-refractivity contribution >= 4 is 50.6 Å². The molecule has 1 aromatic rings. The van der Waals surface area contributed by atoms with Crippen LogP contribution in [0, 0.1) is 5.41 Å². The number of esters is 1. The third-order valence-electron chi connectivity index (χ3n) is 5.43. The number of hydrogen-bond acceptors (Lipinski definition) is 6. The molecule has 1 atom stereocenters. The number of ketones is 1. The second kappa shape index (κ2) is 8.26. The standard InChI is InChI=1S/C19H21Cl2NO6S/c1-2-19-4-3-12(23)8-13(19)16-11(9-19)7-14(17(20)18(16)21)28-10-15(24)27-5-6-29(22,25)26/h7-8H,2-6,9-10H2,1H3,(H2,22,25,26). The first-order valence-corrected chi connectivity index (χ1v) is 11.6. The van der Waals surface area contributed by atoms with Crippen LogP contribution >= 0.6 is 23.2 Å². The van der Waals surface area contributed by atoms with Crippen LogP contribution in [-0.4, -0.2) is 39.1 Å². The van der Waals surface area contributed by atoms with Gasteiger partial charge in [0, 0.05) is 17.4 Å². The average Bonchev–Trinajstić information content (AvgIpc) is 2.96. The molecule has 0 aromatic heterocycles. The molecule has 1 unspecified atom stereocenters. The van der Waals surface area contributed by atoms with Crippen molar-refractivity contribution < 1.29 is 27.5 Å². The summed E-state index contributed by atoms with van der Waals surface area (Å²) in [4.78, 5) is 23.8. The highest BCUT2D eigenvalue weighted by molar-refractivity contribution is 7.89. The number of ether oxygens (including phenoxy) is 2. The lowest BCUT2D eigenvalue weighted by molar-refractivity contribution is -0.145. The van der Waals surface area contributed by atoms with Crippen molar-refractivity contribution in [2.45, 2.75) is 32.6 Å². The van der Waals surface area contributed by atoms with E-state index in [0.717, 1.165) is 29.5 Å². The molecule has 0 amide bonds. The predicted molar refractivity (Wildman–Crippen MR) is 110 cm³/mol. The molecule has 0 saturated heterocycles. The third kappa shape index (κ3) is 4.60. The SMILES string of the molecule is CCC12CCC(=O)C=C1c1c(cc(OCC(=O)OCCS(N)(=O)=O)c(Cl)c1Cl)C2. The van der Waals surface area contributed by atoms with Crippen LogP contribution in [0.3, 0.4) is 0 Å². The van der Waals surface area contributed by atoms with Crippen LogP contribution in [0.5, 0.6) is 5.75 Å². The minimum Gasteiger partial charge on any atom is -0.480 e. The fourth-order valence-corrected chi connectivity index (χ4v) is 4.73. The lowest BCUT2D eigenvalue weighted by Crippen LogP contribution is -2.24. The topological polar surface area (TPSA) is 113 Å². The fraction of sp³-hybridized carbons (Fsp3) is 0.474. The van der Waals surface area contributed by atoms with E-state index in [2.05, 4.69) is 6.92 Å². The van der Waals surface area contributed by atoms with E-state index in [4.69, 9.17) is 37.8 Å². The molecule has 29 heavy (non-hydrogen) atoms. The lowest BCUT2D eigenvalue weighted by atomic mass is 9.71. The largest absolute Gasteiger partial charge is 0.480 e. The van der Waals surface area contributed by atoms with E-state index < -0.39 is 28.4 Å². The van der Waals surface area contributed by atoms with Crippen molar-refractivity contribution in [2.75, 3.05) is 19.0 Å². The average molecular weight is 462 g/mol. The van der Waals surface area contributed by atoms with Crippen molar-refractivity contribution in [1.29, 1.82) is 0 Å². The van der Waals surface area contributed by atoms with E-state index >= 15 is 0 Å². The number of carbonyl (C=O) groups is 2. The van der Waals surface area contributed by atoms with Crippen LogP contribution in [0.4, 0.5) is 0 Å². The van der Waals surface area contributed by atoms with Crippen LogP contribution in [0.15, 0.2) is 12.1 Å². The summed E-state index contributed by atoms with van der Waals surface area (Å²) in [7, 11) is -3.71. The Morgan fingerprint density at radius 3 is 2.69 bits per heavy atom. The van der Waals surface area contributed by atoms with Gasteiger partial charge in [-0.25, -0.2) is 18.4 Å². The second-order valence-electron chi connectivity index (χ2n) is 7.25. The summed E-state index contributed by atoms with van der Waals surface area (Å²) in [6.45, 7) is 1.26. The second-order valence-corrected chi connectivity index (χ2v) is 9.74. The number of hydrogen-bond donors (Lipinski definition) is 1. The molecule has 0 radical (unpaired) electrons. The molecule has 0 fully saturated rings. The number of carbonyl (C=O) groups excluding carboxylic acids is 2. The molecule has 0 spiro atoms. The van der Waals surface area contributed by atoms with Crippen molar-refractivity contribution in [3.05, 3.63) is 33.3 Å². The fourth-order valence-electron chi connectivity index (χ4n) is 3.90. The van der Waals surface area contributed by atoms with E-state index in [1.54, 1.807) is 12.1 Å². The van der Waals surface area contributed by atoms with E-state index in [0.29, 0.717) is 12.8 Å². The zero-order valence-corrected chi connectivity index (χ0v) is 18.1.